The van der Waals surface area contributed by atoms with Crippen LogP contribution in [0.4, 0.5) is 0 Å². The first-order valence-electron chi connectivity index (χ1n) is 18.9. The summed E-state index contributed by atoms with van der Waals surface area (Å²) in [6, 6.07) is 1.51. The number of methoxy groups -OCH3 is 1. The zero-order chi connectivity index (χ0) is 42.4. The van der Waals surface area contributed by atoms with Crippen LogP contribution in [0.15, 0.2) is 23.0 Å². The summed E-state index contributed by atoms with van der Waals surface area (Å²) >= 11 is 0. The van der Waals surface area contributed by atoms with Gasteiger partial charge >= 0.3 is 41.8 Å². The summed E-state index contributed by atoms with van der Waals surface area (Å²) in [5.41, 5.74) is -14.8. The summed E-state index contributed by atoms with van der Waals surface area (Å²) in [5.74, 6) is -11.1. The van der Waals surface area contributed by atoms with E-state index < -0.39 is 148 Å². The van der Waals surface area contributed by atoms with Gasteiger partial charge in [0.15, 0.2) is 17.8 Å². The first-order valence-corrected chi connectivity index (χ1v) is 18.9. The predicted molar refractivity (Wildman–Crippen MR) is 183 cm³/mol. The molecule has 3 aliphatic heterocycles. The van der Waals surface area contributed by atoms with Gasteiger partial charge in [-0.15, -0.1) is 0 Å². The predicted octanol–water partition coefficient (Wildman–Crippen LogP) is 1.49. The van der Waals surface area contributed by atoms with Crippen LogP contribution in [0.1, 0.15) is 86.3 Å². The number of cyclic esters (lactones) is 1. The van der Waals surface area contributed by atoms with E-state index in [4.69, 9.17) is 51.8 Å². The van der Waals surface area contributed by atoms with Gasteiger partial charge in [0.1, 0.15) is 36.1 Å². The molecule has 7 aliphatic rings. The van der Waals surface area contributed by atoms with Crippen molar-refractivity contribution >= 4 is 41.8 Å². The molecule has 7 fully saturated rings. The standard InChI is InChI=1S/C39H46O19/c1-17(40)50-16-35-23(12-25(45)48-9)32(6)15-36(35)38(55-21(5)44,30(32)52-19(3)42)31(53-20(4)43)37-24-13-26(46)54-28(22-10-11-49-14-22)33(24,7)29(51-18(2)41)27(47)39(35,37)58-34(8,56-36)57-37/h10-11,14,23-24,27-31,47H,12-13,15-16H2,1-9H3/t23-,24+,27+,28-,29-,30-,31-,32+,33+,34+,35+,36+,37+,38-,39-/m0/s1. The van der Waals surface area contributed by atoms with E-state index in [0.29, 0.717) is 0 Å². The number of esters is 7. The van der Waals surface area contributed by atoms with E-state index in [1.54, 1.807) is 13.8 Å². The van der Waals surface area contributed by atoms with Crippen molar-refractivity contribution in [2.24, 2.45) is 28.1 Å². The number of carbonyl (C=O) groups excluding carboxylic acids is 7. The van der Waals surface area contributed by atoms with Crippen LogP contribution in [-0.4, -0.2) is 113 Å². The Balaban J connectivity index is 1.60. The lowest BCUT2D eigenvalue weighted by molar-refractivity contribution is -0.496. The lowest BCUT2D eigenvalue weighted by Crippen LogP contribution is -2.98. The van der Waals surface area contributed by atoms with Crippen LogP contribution in [0, 0.1) is 28.1 Å². The van der Waals surface area contributed by atoms with Gasteiger partial charge in [-0.05, 0) is 18.4 Å². The van der Waals surface area contributed by atoms with E-state index in [-0.39, 0.29) is 12.0 Å². The Morgan fingerprint density at radius 3 is 2.09 bits per heavy atom. The molecule has 0 amide bonds. The molecule has 0 aromatic carbocycles. The second-order valence-electron chi connectivity index (χ2n) is 17.2. The fourth-order valence-electron chi connectivity index (χ4n) is 13.4. The molecule has 19 heteroatoms. The first-order chi connectivity index (χ1) is 27.0. The van der Waals surface area contributed by atoms with Gasteiger partial charge in [-0.3, -0.25) is 33.6 Å². The van der Waals surface area contributed by atoms with Crippen LogP contribution in [0.5, 0.6) is 0 Å². The molecule has 4 bridgehead atoms. The Morgan fingerprint density at radius 1 is 0.862 bits per heavy atom. The number of hydrogen-bond acceptors (Lipinski definition) is 19. The average Bonchev–Trinajstić information content (AvgIpc) is 3.82. The van der Waals surface area contributed by atoms with Crippen molar-refractivity contribution in [2.45, 2.75) is 134 Å². The molecular formula is C39H46O19. The van der Waals surface area contributed by atoms with Gasteiger partial charge < -0.3 is 56.9 Å². The lowest BCUT2D eigenvalue weighted by atomic mass is 9.32. The van der Waals surface area contributed by atoms with Gasteiger partial charge in [0.05, 0.1) is 36.9 Å². The summed E-state index contributed by atoms with van der Waals surface area (Å²) in [7, 11) is 1.15. The fourth-order valence-corrected chi connectivity index (χ4v) is 13.4. The largest absolute Gasteiger partial charge is 0.472 e. The molecule has 4 aliphatic carbocycles. The third-order valence-corrected chi connectivity index (χ3v) is 14.3. The van der Waals surface area contributed by atoms with E-state index in [1.807, 2.05) is 0 Å². The lowest BCUT2D eigenvalue weighted by Gasteiger charge is -2.78. The van der Waals surface area contributed by atoms with Gasteiger partial charge in [-0.2, -0.15) is 0 Å². The molecule has 4 heterocycles. The summed E-state index contributed by atoms with van der Waals surface area (Å²) < 4.78 is 69.1. The summed E-state index contributed by atoms with van der Waals surface area (Å²) in [4.78, 5) is 95.1. The third-order valence-electron chi connectivity index (χ3n) is 14.3. The maximum atomic E-state index is 14.2. The molecule has 1 aromatic rings. The quantitative estimate of drug-likeness (QED) is 0.274. The van der Waals surface area contributed by atoms with Crippen molar-refractivity contribution in [3.8, 4) is 0 Å². The minimum atomic E-state index is -2.48. The molecule has 0 unspecified atom stereocenters. The highest BCUT2D eigenvalue weighted by atomic mass is 16.9. The highest BCUT2D eigenvalue weighted by Crippen LogP contribution is 2.90. The van der Waals surface area contributed by atoms with Crippen LogP contribution >= 0.6 is 0 Å². The molecule has 15 atom stereocenters. The Hall–Kier alpha value is -4.59. The van der Waals surface area contributed by atoms with Gasteiger partial charge in [0.2, 0.25) is 5.60 Å². The number of rotatable bonds is 9. The third kappa shape index (κ3) is 4.34. The highest BCUT2D eigenvalue weighted by molar-refractivity contribution is 5.76. The van der Waals surface area contributed by atoms with E-state index in [1.165, 1.54) is 25.5 Å². The molecule has 2 spiro atoms. The van der Waals surface area contributed by atoms with E-state index >= 15 is 0 Å². The van der Waals surface area contributed by atoms with E-state index in [0.717, 1.165) is 41.7 Å². The number of hydrogen-bond donors (Lipinski definition) is 1. The monoisotopic (exact) mass is 818 g/mol. The number of aliphatic hydroxyl groups is 1. The Bertz CT molecular complexity index is 2010. The smallest absolute Gasteiger partial charge is 0.306 e. The van der Waals surface area contributed by atoms with Crippen LogP contribution < -0.4 is 0 Å². The molecule has 3 saturated heterocycles. The molecule has 316 valence electrons. The van der Waals surface area contributed by atoms with Gasteiger partial charge in [-0.25, -0.2) is 0 Å². The minimum absolute atomic E-state index is 0.276. The Labute approximate surface area is 331 Å². The topological polar surface area (TPSA) is 245 Å². The van der Waals surface area contributed by atoms with Crippen molar-refractivity contribution in [1.29, 1.82) is 0 Å². The molecule has 4 saturated carbocycles. The Morgan fingerprint density at radius 2 is 1.52 bits per heavy atom. The van der Waals surface area contributed by atoms with Crippen LogP contribution in [-0.2, 0) is 80.9 Å². The van der Waals surface area contributed by atoms with Crippen LogP contribution in [0.3, 0.4) is 0 Å². The number of furan rings is 1. The Kier molecular flexibility index (Phi) is 8.48. The maximum Gasteiger partial charge on any atom is 0.306 e. The van der Waals surface area contributed by atoms with Crippen molar-refractivity contribution < 1.29 is 90.5 Å². The second kappa shape index (κ2) is 12.2. The van der Waals surface area contributed by atoms with Gasteiger partial charge in [-0.1, -0.05) is 13.8 Å². The van der Waals surface area contributed by atoms with Crippen molar-refractivity contribution in [1.82, 2.24) is 0 Å². The molecular weight excluding hydrogens is 772 g/mol. The average molecular weight is 819 g/mol. The van der Waals surface area contributed by atoms with Crippen molar-refractivity contribution in [2.75, 3.05) is 13.7 Å². The fraction of sp³-hybridized carbons (Fsp3) is 0.718. The molecule has 58 heavy (non-hydrogen) atoms. The van der Waals surface area contributed by atoms with Crippen molar-refractivity contribution in [3.05, 3.63) is 24.2 Å². The summed E-state index contributed by atoms with van der Waals surface area (Å²) in [6.45, 7) is 9.31. The number of fused-ring (bicyclic) bond motifs is 3. The molecule has 0 radical (unpaired) electrons. The zero-order valence-corrected chi connectivity index (χ0v) is 33.4. The van der Waals surface area contributed by atoms with E-state index in [9.17, 15) is 38.7 Å². The van der Waals surface area contributed by atoms with Crippen LogP contribution in [0.2, 0.25) is 0 Å². The number of carbonyl (C=O) groups is 7. The summed E-state index contributed by atoms with van der Waals surface area (Å²) in [5, 5.41) is 13.6. The number of aliphatic hydroxyl groups excluding tert-OH is 1. The molecule has 8 rings (SSSR count). The molecule has 19 nitrogen and oxygen atoms in total. The molecule has 1 N–H and O–H groups in total. The van der Waals surface area contributed by atoms with E-state index in [2.05, 4.69) is 0 Å². The zero-order valence-electron chi connectivity index (χ0n) is 33.4. The van der Waals surface area contributed by atoms with Gasteiger partial charge in [0, 0.05) is 64.9 Å². The van der Waals surface area contributed by atoms with Crippen LogP contribution in [0.25, 0.3) is 0 Å². The second-order valence-corrected chi connectivity index (χ2v) is 17.2. The maximum absolute atomic E-state index is 14.2. The SMILES string of the molecule is COC(=O)C[C@H]1[C@@]2(C)C[C@@]34O[C@]5(C)O[C@]6([C@@H]7CC(=O)O[C@@H](c8ccoc8)[C@]7(C)[C@@H](OC(C)=O)[C@@H](O)[C@]6(O5)[C@]13COC(C)=O)[C@H](OC(C)=O)[C@@]4(OC(C)=O)[C@H]2OC(C)=O. The molecule has 1 aromatic heterocycles. The minimum Gasteiger partial charge on any atom is -0.472 e. The van der Waals surface area contributed by atoms with Crippen molar-refractivity contribution in [3.63, 3.8) is 0 Å². The first kappa shape index (κ1) is 40.2. The normalized spacial score (nSPS) is 47.2. The highest BCUT2D eigenvalue weighted by Gasteiger charge is 3.08. The summed E-state index contributed by atoms with van der Waals surface area (Å²) in [6.07, 6.45) is -7.56. The number of ether oxygens (including phenoxy) is 10. The van der Waals surface area contributed by atoms with Gasteiger partial charge in [0.25, 0.3) is 5.97 Å².